The molecule has 1 atom stereocenters. The number of tetrazole rings is 1. The van der Waals surface area contributed by atoms with Gasteiger partial charge in [-0.3, -0.25) is 4.79 Å². The van der Waals surface area contributed by atoms with E-state index in [4.69, 9.17) is 10.5 Å². The Labute approximate surface area is 146 Å². The van der Waals surface area contributed by atoms with E-state index in [0.29, 0.717) is 23.8 Å². The number of ether oxygens (including phenoxy) is 1. The van der Waals surface area contributed by atoms with Crippen molar-refractivity contribution in [2.45, 2.75) is 39.2 Å². The van der Waals surface area contributed by atoms with Crippen LogP contribution in [-0.2, 0) is 4.79 Å². The highest BCUT2D eigenvalue weighted by Crippen LogP contribution is 2.34. The Bertz CT molecular complexity index is 781. The molecule has 0 fully saturated rings. The van der Waals surface area contributed by atoms with Crippen molar-refractivity contribution >= 4 is 11.9 Å². The normalized spacial score (nSPS) is 16.3. The van der Waals surface area contributed by atoms with E-state index in [1.807, 2.05) is 24.3 Å². The molecule has 132 valence electrons. The van der Waals surface area contributed by atoms with Crippen molar-refractivity contribution in [1.82, 2.24) is 20.2 Å². The summed E-state index contributed by atoms with van der Waals surface area (Å²) in [4.78, 5) is 12.0. The molecule has 1 unspecified atom stereocenters. The van der Waals surface area contributed by atoms with Gasteiger partial charge < -0.3 is 15.8 Å². The Morgan fingerprint density at radius 1 is 1.32 bits per heavy atom. The van der Waals surface area contributed by atoms with Crippen LogP contribution >= 0.6 is 0 Å². The van der Waals surface area contributed by atoms with Gasteiger partial charge in [0.2, 0.25) is 11.9 Å². The Morgan fingerprint density at radius 3 is 2.76 bits per heavy atom. The van der Waals surface area contributed by atoms with Crippen LogP contribution in [0, 0.1) is 0 Å². The minimum Gasteiger partial charge on any atom is -0.494 e. The zero-order valence-electron chi connectivity index (χ0n) is 14.4. The van der Waals surface area contributed by atoms with Gasteiger partial charge in [-0.25, -0.2) is 0 Å². The molecular formula is C17H22N6O2. The van der Waals surface area contributed by atoms with Crippen molar-refractivity contribution in [3.8, 4) is 5.75 Å². The number of hydrogen-bond donors (Lipinski definition) is 2. The first-order valence-corrected chi connectivity index (χ1v) is 8.40. The zero-order valence-corrected chi connectivity index (χ0v) is 14.4. The fourth-order valence-electron chi connectivity index (χ4n) is 2.93. The molecule has 0 spiro atoms. The molecule has 8 heteroatoms. The van der Waals surface area contributed by atoms with E-state index in [0.717, 1.165) is 30.6 Å². The average Bonchev–Trinajstić information content (AvgIpc) is 3.06. The van der Waals surface area contributed by atoms with Crippen molar-refractivity contribution in [3.05, 3.63) is 41.1 Å². The summed E-state index contributed by atoms with van der Waals surface area (Å²) in [5.41, 5.74) is 7.55. The number of nitrogens with one attached hydrogen (secondary N) is 1. The van der Waals surface area contributed by atoms with Gasteiger partial charge in [0.1, 0.15) is 11.8 Å². The van der Waals surface area contributed by atoms with Gasteiger partial charge in [0.15, 0.2) is 0 Å². The molecule has 2 aromatic rings. The van der Waals surface area contributed by atoms with Crippen LogP contribution in [-0.4, -0.2) is 32.7 Å². The van der Waals surface area contributed by atoms with Crippen molar-refractivity contribution < 1.29 is 9.53 Å². The van der Waals surface area contributed by atoms with Crippen molar-refractivity contribution in [2.24, 2.45) is 5.73 Å². The molecule has 25 heavy (non-hydrogen) atoms. The summed E-state index contributed by atoms with van der Waals surface area (Å²) in [5.74, 6) is 0.774. The SMILES string of the molecule is CCCCCOc1ccc(C2C(C(N)=O)=C(C)Nc3nnnn32)cc1. The fraction of sp³-hybridized carbons (Fsp3) is 0.412. The fourth-order valence-corrected chi connectivity index (χ4v) is 2.93. The van der Waals surface area contributed by atoms with Gasteiger partial charge >= 0.3 is 0 Å². The van der Waals surface area contributed by atoms with E-state index in [1.165, 1.54) is 0 Å². The second-order valence-electron chi connectivity index (χ2n) is 6.00. The lowest BCUT2D eigenvalue weighted by molar-refractivity contribution is -0.115. The second kappa shape index (κ2) is 7.33. The smallest absolute Gasteiger partial charge is 0.248 e. The molecule has 1 aliphatic rings. The van der Waals surface area contributed by atoms with Crippen LogP contribution in [0.1, 0.15) is 44.7 Å². The van der Waals surface area contributed by atoms with Crippen LogP contribution in [0.15, 0.2) is 35.5 Å². The summed E-state index contributed by atoms with van der Waals surface area (Å²) in [6, 6.07) is 7.14. The third kappa shape index (κ3) is 3.47. The number of anilines is 1. The summed E-state index contributed by atoms with van der Waals surface area (Å²) < 4.78 is 7.30. The highest BCUT2D eigenvalue weighted by Gasteiger charge is 2.32. The lowest BCUT2D eigenvalue weighted by Crippen LogP contribution is -2.31. The monoisotopic (exact) mass is 342 g/mol. The van der Waals surface area contributed by atoms with Gasteiger partial charge in [0, 0.05) is 5.70 Å². The molecule has 0 bridgehead atoms. The molecule has 0 aliphatic carbocycles. The maximum atomic E-state index is 12.0. The Balaban J connectivity index is 1.85. The molecule has 1 aromatic heterocycles. The third-order valence-corrected chi connectivity index (χ3v) is 4.19. The molecule has 0 saturated heterocycles. The first-order chi connectivity index (χ1) is 12.1. The minimum atomic E-state index is -0.504. The van der Waals surface area contributed by atoms with Crippen molar-refractivity contribution in [2.75, 3.05) is 11.9 Å². The number of carbonyl (C=O) groups excluding carboxylic acids is 1. The topological polar surface area (TPSA) is 108 Å². The van der Waals surface area contributed by atoms with Gasteiger partial charge in [-0.15, -0.1) is 0 Å². The molecule has 1 aliphatic heterocycles. The molecule has 0 saturated carbocycles. The van der Waals surface area contributed by atoms with Crippen molar-refractivity contribution in [3.63, 3.8) is 0 Å². The van der Waals surface area contributed by atoms with Crippen molar-refractivity contribution in [1.29, 1.82) is 0 Å². The molecule has 1 amide bonds. The number of aromatic nitrogens is 4. The predicted octanol–water partition coefficient (Wildman–Crippen LogP) is 2.02. The number of allylic oxidation sites excluding steroid dienone is 1. The molecule has 3 N–H and O–H groups in total. The third-order valence-electron chi connectivity index (χ3n) is 4.19. The summed E-state index contributed by atoms with van der Waals surface area (Å²) in [5, 5.41) is 14.6. The van der Waals surface area contributed by atoms with Crippen LogP contribution in [0.25, 0.3) is 0 Å². The number of nitrogens with zero attached hydrogens (tertiary/aromatic N) is 4. The van der Waals surface area contributed by atoms with Crippen LogP contribution in [0.2, 0.25) is 0 Å². The maximum absolute atomic E-state index is 12.0. The summed E-state index contributed by atoms with van der Waals surface area (Å²) in [7, 11) is 0. The highest BCUT2D eigenvalue weighted by molar-refractivity contribution is 5.95. The second-order valence-corrected chi connectivity index (χ2v) is 6.00. The number of hydrogen-bond acceptors (Lipinski definition) is 6. The largest absolute Gasteiger partial charge is 0.494 e. The Kier molecular flexibility index (Phi) is 4.97. The lowest BCUT2D eigenvalue weighted by atomic mass is 9.95. The maximum Gasteiger partial charge on any atom is 0.248 e. The van der Waals surface area contributed by atoms with Gasteiger partial charge in [-0.2, -0.15) is 4.68 Å². The molecule has 8 nitrogen and oxygen atoms in total. The minimum absolute atomic E-state index is 0.441. The van der Waals surface area contributed by atoms with Crippen LogP contribution in [0.3, 0.4) is 0 Å². The summed E-state index contributed by atoms with van der Waals surface area (Å²) in [6.45, 7) is 4.65. The Morgan fingerprint density at radius 2 is 2.08 bits per heavy atom. The van der Waals surface area contributed by atoms with E-state index in [1.54, 1.807) is 11.6 Å². The molecule has 2 heterocycles. The summed E-state index contributed by atoms with van der Waals surface area (Å²) >= 11 is 0. The van der Waals surface area contributed by atoms with E-state index in [-0.39, 0.29) is 0 Å². The van der Waals surface area contributed by atoms with Crippen LogP contribution in [0.4, 0.5) is 5.95 Å². The standard InChI is InChI=1S/C17H22N6O2/c1-3-4-5-10-25-13-8-6-12(7-9-13)15-14(16(18)24)11(2)19-17-20-21-22-23(15)17/h6-9,15H,3-5,10H2,1-2H3,(H2,18,24)(H,19,20,22). The number of amides is 1. The van der Waals surface area contributed by atoms with Gasteiger partial charge in [0.05, 0.1) is 12.2 Å². The predicted molar refractivity (Wildman–Crippen MR) is 92.9 cm³/mol. The highest BCUT2D eigenvalue weighted by atomic mass is 16.5. The molecular weight excluding hydrogens is 320 g/mol. The van der Waals surface area contributed by atoms with E-state index in [2.05, 4.69) is 27.8 Å². The quantitative estimate of drug-likeness (QED) is 0.745. The Hall–Kier alpha value is -2.90. The lowest BCUT2D eigenvalue weighted by Gasteiger charge is -2.26. The molecule has 1 aromatic carbocycles. The van der Waals surface area contributed by atoms with Gasteiger partial charge in [0.25, 0.3) is 0 Å². The van der Waals surface area contributed by atoms with E-state index in [9.17, 15) is 4.79 Å². The first-order valence-electron chi connectivity index (χ1n) is 8.40. The average molecular weight is 342 g/mol. The first kappa shape index (κ1) is 16.9. The molecule has 0 radical (unpaired) electrons. The number of rotatable bonds is 7. The van der Waals surface area contributed by atoms with E-state index >= 15 is 0 Å². The van der Waals surface area contributed by atoms with E-state index < -0.39 is 11.9 Å². The summed E-state index contributed by atoms with van der Waals surface area (Å²) in [6.07, 6.45) is 3.35. The number of unbranched alkanes of at least 4 members (excludes halogenated alkanes) is 2. The molecule has 3 rings (SSSR count). The number of fused-ring (bicyclic) bond motifs is 1. The van der Waals surface area contributed by atoms with Crippen LogP contribution < -0.4 is 15.8 Å². The number of primary amides is 1. The number of nitrogens with two attached hydrogens (primary N) is 1. The zero-order chi connectivity index (χ0) is 17.8. The number of benzene rings is 1. The van der Waals surface area contributed by atoms with Crippen LogP contribution in [0.5, 0.6) is 5.75 Å². The van der Waals surface area contributed by atoms with Gasteiger partial charge in [-0.05, 0) is 41.5 Å². The number of carbonyl (C=O) groups is 1. The van der Waals surface area contributed by atoms with Gasteiger partial charge in [-0.1, -0.05) is 37.0 Å².